The van der Waals surface area contributed by atoms with E-state index in [2.05, 4.69) is 11.8 Å². The minimum absolute atomic E-state index is 0.0325. The average molecular weight is 299 g/mol. The Balaban J connectivity index is 2.24. The van der Waals surface area contributed by atoms with Gasteiger partial charge in [-0.3, -0.25) is 0 Å². The number of piperidine rings is 1. The second-order valence-electron chi connectivity index (χ2n) is 5.25. The van der Waals surface area contributed by atoms with Crippen molar-refractivity contribution in [2.45, 2.75) is 24.3 Å². The first kappa shape index (κ1) is 15.1. The quantitative estimate of drug-likeness (QED) is 0.804. The molecule has 0 bridgehead atoms. The minimum Gasteiger partial charge on any atom is -0.398 e. The standard InChI is InChI=1S/C13H21N3O3S/c1-9-5-6-16(8-12(9)19-2)10-3-4-13(11(14)7-10)20(15,17)18/h3-4,7,9,12H,5-6,8,14H2,1-2H3,(H2,15,17,18). The van der Waals surface area contributed by atoms with Crippen LogP contribution in [-0.2, 0) is 14.8 Å². The molecule has 1 aliphatic rings. The molecule has 1 heterocycles. The molecule has 0 radical (unpaired) electrons. The number of hydrogen-bond donors (Lipinski definition) is 2. The zero-order valence-corrected chi connectivity index (χ0v) is 12.6. The lowest BCUT2D eigenvalue weighted by Crippen LogP contribution is -2.43. The first-order valence-electron chi connectivity index (χ1n) is 6.53. The van der Waals surface area contributed by atoms with E-state index in [0.29, 0.717) is 5.92 Å². The molecule has 6 nitrogen and oxygen atoms in total. The molecule has 2 atom stereocenters. The maximum Gasteiger partial charge on any atom is 0.240 e. The molecule has 112 valence electrons. The van der Waals surface area contributed by atoms with E-state index in [0.717, 1.165) is 25.2 Å². The van der Waals surface area contributed by atoms with Crippen molar-refractivity contribution in [1.82, 2.24) is 0 Å². The first-order valence-corrected chi connectivity index (χ1v) is 8.07. The van der Waals surface area contributed by atoms with Gasteiger partial charge < -0.3 is 15.4 Å². The number of anilines is 2. The molecule has 4 N–H and O–H groups in total. The van der Waals surface area contributed by atoms with Crippen LogP contribution in [0.3, 0.4) is 0 Å². The lowest BCUT2D eigenvalue weighted by atomic mass is 9.95. The predicted octanol–water partition coefficient (Wildman–Crippen LogP) is 0.777. The van der Waals surface area contributed by atoms with Gasteiger partial charge in [-0.2, -0.15) is 0 Å². The van der Waals surface area contributed by atoms with Crippen LogP contribution in [0.2, 0.25) is 0 Å². The maximum atomic E-state index is 11.3. The van der Waals surface area contributed by atoms with Crippen LogP contribution >= 0.6 is 0 Å². The molecular formula is C13H21N3O3S. The van der Waals surface area contributed by atoms with Gasteiger partial charge in [0.05, 0.1) is 11.8 Å². The molecule has 2 rings (SSSR count). The highest BCUT2D eigenvalue weighted by Gasteiger charge is 2.26. The number of nitrogens with two attached hydrogens (primary N) is 2. The van der Waals surface area contributed by atoms with Gasteiger partial charge in [0.25, 0.3) is 0 Å². The van der Waals surface area contributed by atoms with Gasteiger partial charge >= 0.3 is 0 Å². The lowest BCUT2D eigenvalue weighted by Gasteiger charge is -2.37. The fourth-order valence-electron chi connectivity index (χ4n) is 2.57. The van der Waals surface area contributed by atoms with Crippen molar-refractivity contribution in [2.75, 3.05) is 30.8 Å². The minimum atomic E-state index is -3.77. The zero-order chi connectivity index (χ0) is 14.9. The Bertz CT molecular complexity index is 589. The summed E-state index contributed by atoms with van der Waals surface area (Å²) in [5.74, 6) is 0.511. The van der Waals surface area contributed by atoms with E-state index < -0.39 is 10.0 Å². The van der Waals surface area contributed by atoms with Gasteiger partial charge in [0, 0.05) is 25.9 Å². The summed E-state index contributed by atoms with van der Waals surface area (Å²) in [4.78, 5) is 2.12. The third-order valence-corrected chi connectivity index (χ3v) is 4.84. The van der Waals surface area contributed by atoms with Crippen molar-refractivity contribution in [3.8, 4) is 0 Å². The summed E-state index contributed by atoms with van der Waals surface area (Å²) < 4.78 is 28.2. The van der Waals surface area contributed by atoms with Crippen LogP contribution in [0.5, 0.6) is 0 Å². The number of rotatable bonds is 3. The number of nitrogens with zero attached hydrogens (tertiary/aromatic N) is 1. The maximum absolute atomic E-state index is 11.3. The molecule has 2 unspecified atom stereocenters. The average Bonchev–Trinajstić information content (AvgIpc) is 2.37. The Hall–Kier alpha value is -1.31. The van der Waals surface area contributed by atoms with Gasteiger partial charge in [0.1, 0.15) is 4.90 Å². The summed E-state index contributed by atoms with van der Waals surface area (Å²) in [5.41, 5.74) is 6.86. The van der Waals surface area contributed by atoms with E-state index in [1.54, 1.807) is 19.2 Å². The molecular weight excluding hydrogens is 278 g/mol. The SMILES string of the molecule is COC1CN(c2ccc(S(N)(=O)=O)c(N)c2)CCC1C. The van der Waals surface area contributed by atoms with Gasteiger partial charge in [-0.15, -0.1) is 0 Å². The summed E-state index contributed by atoms with van der Waals surface area (Å²) in [6.45, 7) is 3.84. The Morgan fingerprint density at radius 3 is 2.65 bits per heavy atom. The molecule has 20 heavy (non-hydrogen) atoms. The topological polar surface area (TPSA) is 98.6 Å². The first-order chi connectivity index (χ1) is 9.32. The van der Waals surface area contributed by atoms with E-state index in [1.165, 1.54) is 6.07 Å². The smallest absolute Gasteiger partial charge is 0.240 e. The van der Waals surface area contributed by atoms with Crippen LogP contribution in [0.1, 0.15) is 13.3 Å². The van der Waals surface area contributed by atoms with Gasteiger partial charge in [0.2, 0.25) is 10.0 Å². The normalized spacial score (nSPS) is 23.9. The Labute approximate surface area is 119 Å². The highest BCUT2D eigenvalue weighted by molar-refractivity contribution is 7.89. The third kappa shape index (κ3) is 3.05. The van der Waals surface area contributed by atoms with Gasteiger partial charge in [-0.25, -0.2) is 13.6 Å². The molecule has 1 aromatic carbocycles. The molecule has 1 aliphatic heterocycles. The van der Waals surface area contributed by atoms with E-state index in [1.807, 2.05) is 0 Å². The summed E-state index contributed by atoms with van der Waals surface area (Å²) in [7, 11) is -2.06. The second kappa shape index (κ2) is 5.59. The van der Waals surface area contributed by atoms with Crippen molar-refractivity contribution in [3.63, 3.8) is 0 Å². The van der Waals surface area contributed by atoms with Crippen molar-refractivity contribution < 1.29 is 13.2 Å². The summed E-state index contributed by atoms with van der Waals surface area (Å²) in [6.07, 6.45) is 1.19. The second-order valence-corrected chi connectivity index (χ2v) is 6.78. The molecule has 1 fully saturated rings. The number of benzene rings is 1. The molecule has 0 aromatic heterocycles. The molecule has 0 amide bonds. The van der Waals surface area contributed by atoms with Crippen molar-refractivity contribution >= 4 is 21.4 Å². The number of sulfonamides is 1. The van der Waals surface area contributed by atoms with Crippen molar-refractivity contribution in [1.29, 1.82) is 0 Å². The molecule has 7 heteroatoms. The van der Waals surface area contributed by atoms with Gasteiger partial charge in [0.15, 0.2) is 0 Å². The number of nitrogen functional groups attached to an aromatic ring is 1. The Morgan fingerprint density at radius 2 is 2.10 bits per heavy atom. The van der Waals surface area contributed by atoms with E-state index in [4.69, 9.17) is 15.6 Å². The zero-order valence-electron chi connectivity index (χ0n) is 11.7. The van der Waals surface area contributed by atoms with E-state index in [-0.39, 0.29) is 16.7 Å². The van der Waals surface area contributed by atoms with Gasteiger partial charge in [-0.05, 0) is 30.5 Å². The van der Waals surface area contributed by atoms with Crippen LogP contribution in [0.4, 0.5) is 11.4 Å². The summed E-state index contributed by atoms with van der Waals surface area (Å²) in [5, 5.41) is 5.11. The summed E-state index contributed by atoms with van der Waals surface area (Å²) >= 11 is 0. The Kier molecular flexibility index (Phi) is 4.22. The van der Waals surface area contributed by atoms with Crippen molar-refractivity contribution in [3.05, 3.63) is 18.2 Å². The van der Waals surface area contributed by atoms with Crippen LogP contribution in [0.25, 0.3) is 0 Å². The monoisotopic (exact) mass is 299 g/mol. The molecule has 0 spiro atoms. The molecule has 0 aliphatic carbocycles. The van der Waals surface area contributed by atoms with E-state index >= 15 is 0 Å². The van der Waals surface area contributed by atoms with Crippen LogP contribution in [-0.4, -0.2) is 34.7 Å². The fourth-order valence-corrected chi connectivity index (χ4v) is 3.21. The van der Waals surface area contributed by atoms with Crippen LogP contribution < -0.4 is 15.8 Å². The number of hydrogen-bond acceptors (Lipinski definition) is 5. The highest BCUT2D eigenvalue weighted by atomic mass is 32.2. The number of methoxy groups -OCH3 is 1. The van der Waals surface area contributed by atoms with Crippen LogP contribution in [0, 0.1) is 5.92 Å². The summed E-state index contributed by atoms with van der Waals surface area (Å²) in [6, 6.07) is 4.85. The van der Waals surface area contributed by atoms with Crippen LogP contribution in [0.15, 0.2) is 23.1 Å². The largest absolute Gasteiger partial charge is 0.398 e. The number of ether oxygens (including phenoxy) is 1. The molecule has 1 aromatic rings. The number of primary sulfonamides is 1. The van der Waals surface area contributed by atoms with Gasteiger partial charge in [-0.1, -0.05) is 6.92 Å². The highest BCUT2D eigenvalue weighted by Crippen LogP contribution is 2.28. The van der Waals surface area contributed by atoms with E-state index in [9.17, 15) is 8.42 Å². The molecule has 0 saturated carbocycles. The lowest BCUT2D eigenvalue weighted by molar-refractivity contribution is 0.0498. The molecule has 1 saturated heterocycles. The Morgan fingerprint density at radius 1 is 1.40 bits per heavy atom. The predicted molar refractivity (Wildman–Crippen MR) is 79.0 cm³/mol. The van der Waals surface area contributed by atoms with Crippen molar-refractivity contribution in [2.24, 2.45) is 11.1 Å². The third-order valence-electron chi connectivity index (χ3n) is 3.86. The fraction of sp³-hybridized carbons (Fsp3) is 0.538.